The third kappa shape index (κ3) is 2.38. The van der Waals surface area contributed by atoms with Crippen LogP contribution < -0.4 is 0 Å². The first kappa shape index (κ1) is 22.8. The summed E-state index contributed by atoms with van der Waals surface area (Å²) >= 11 is 0. The molecule has 6 aliphatic rings. The number of ketones is 1. The van der Waals surface area contributed by atoms with Gasteiger partial charge < -0.3 is 9.84 Å². The zero-order valence-electron chi connectivity index (χ0n) is 21.9. The molecule has 3 nitrogen and oxygen atoms in total. The van der Waals surface area contributed by atoms with Crippen LogP contribution in [0.3, 0.4) is 0 Å². The van der Waals surface area contributed by atoms with Gasteiger partial charge in [-0.2, -0.15) is 0 Å². The van der Waals surface area contributed by atoms with Crippen molar-refractivity contribution < 1.29 is 14.6 Å². The molecule has 4 saturated carbocycles. The van der Waals surface area contributed by atoms with Crippen LogP contribution >= 0.6 is 0 Å². The first-order chi connectivity index (χ1) is 15.3. The molecule has 0 aromatic carbocycles. The SMILES string of the molecule is CC1(C)C(=O)CC[C@]2(C)[C@H]3C=C[C@]45OC[C@@]6(CC[C@](C)(CO)C[C@H]64)CC[C@@]5(C)[C@]3(C)CC[C@@H]12. The first-order valence-electron chi connectivity index (χ1n) is 13.8. The van der Waals surface area contributed by atoms with Crippen molar-refractivity contribution in [3.8, 4) is 0 Å². The van der Waals surface area contributed by atoms with Crippen LogP contribution in [-0.2, 0) is 9.53 Å². The minimum atomic E-state index is -0.212. The summed E-state index contributed by atoms with van der Waals surface area (Å²) in [4.78, 5) is 12.9. The van der Waals surface area contributed by atoms with Crippen molar-refractivity contribution in [1.82, 2.24) is 0 Å². The van der Waals surface area contributed by atoms with E-state index in [1.165, 1.54) is 25.7 Å². The molecule has 0 amide bonds. The second-order valence-electron chi connectivity index (χ2n) is 15.0. The van der Waals surface area contributed by atoms with E-state index in [4.69, 9.17) is 4.74 Å². The molecule has 0 aromatic rings. The highest BCUT2D eigenvalue weighted by molar-refractivity contribution is 5.85. The number of fused-ring (bicyclic) bond motifs is 4. The number of carbonyl (C=O) groups is 1. The number of Topliss-reactive ketones (excluding diaryl/α,β-unsaturated/α-hetero) is 1. The highest BCUT2D eigenvalue weighted by Gasteiger charge is 2.77. The fraction of sp³-hybridized carbons (Fsp3) is 0.900. The van der Waals surface area contributed by atoms with Gasteiger partial charge in [0, 0.05) is 29.8 Å². The summed E-state index contributed by atoms with van der Waals surface area (Å²) in [6.45, 7) is 15.6. The average molecular weight is 455 g/mol. The third-order valence-electron chi connectivity index (χ3n) is 13.6. The highest BCUT2D eigenvalue weighted by Crippen LogP contribution is 2.78. The van der Waals surface area contributed by atoms with Gasteiger partial charge in [-0.15, -0.1) is 0 Å². The molecule has 33 heavy (non-hydrogen) atoms. The van der Waals surface area contributed by atoms with Crippen molar-refractivity contribution >= 4 is 5.78 Å². The van der Waals surface area contributed by atoms with Gasteiger partial charge in [-0.05, 0) is 84.9 Å². The Morgan fingerprint density at radius 3 is 2.42 bits per heavy atom. The van der Waals surface area contributed by atoms with Gasteiger partial charge in [-0.3, -0.25) is 4.79 Å². The van der Waals surface area contributed by atoms with Crippen molar-refractivity contribution in [2.45, 2.75) is 105 Å². The molecule has 6 rings (SSSR count). The third-order valence-corrected chi connectivity index (χ3v) is 13.6. The van der Waals surface area contributed by atoms with E-state index in [-0.39, 0.29) is 32.7 Å². The number of rotatable bonds is 1. The van der Waals surface area contributed by atoms with Gasteiger partial charge in [0.2, 0.25) is 0 Å². The summed E-state index contributed by atoms with van der Waals surface area (Å²) in [6.07, 6.45) is 15.2. The second-order valence-corrected chi connectivity index (χ2v) is 15.0. The van der Waals surface area contributed by atoms with Crippen LogP contribution in [0.5, 0.6) is 0 Å². The monoisotopic (exact) mass is 454 g/mol. The van der Waals surface area contributed by atoms with Crippen LogP contribution in [0.25, 0.3) is 0 Å². The first-order valence-corrected chi connectivity index (χ1v) is 13.8. The predicted molar refractivity (Wildman–Crippen MR) is 131 cm³/mol. The van der Waals surface area contributed by atoms with Gasteiger partial charge in [0.1, 0.15) is 5.78 Å². The summed E-state index contributed by atoms with van der Waals surface area (Å²) in [5, 5.41) is 10.3. The topological polar surface area (TPSA) is 46.5 Å². The zero-order valence-corrected chi connectivity index (χ0v) is 21.9. The van der Waals surface area contributed by atoms with Crippen molar-refractivity contribution in [2.75, 3.05) is 13.2 Å². The Morgan fingerprint density at radius 2 is 1.70 bits per heavy atom. The maximum Gasteiger partial charge on any atom is 0.138 e. The molecule has 0 radical (unpaired) electrons. The lowest BCUT2D eigenvalue weighted by molar-refractivity contribution is -0.233. The predicted octanol–water partition coefficient (Wildman–Crippen LogP) is 6.34. The van der Waals surface area contributed by atoms with Crippen molar-refractivity contribution in [3.05, 3.63) is 12.2 Å². The molecule has 5 fully saturated rings. The molecule has 9 atom stereocenters. The minimum absolute atomic E-state index is 0.0239. The van der Waals surface area contributed by atoms with E-state index >= 15 is 0 Å². The summed E-state index contributed by atoms with van der Waals surface area (Å²) in [7, 11) is 0. The van der Waals surface area contributed by atoms with Gasteiger partial charge in [-0.1, -0.05) is 53.7 Å². The lowest BCUT2D eigenvalue weighted by Gasteiger charge is -2.72. The van der Waals surface area contributed by atoms with E-state index in [2.05, 4.69) is 53.7 Å². The van der Waals surface area contributed by atoms with Crippen molar-refractivity contribution in [3.63, 3.8) is 0 Å². The molecule has 0 unspecified atom stereocenters. The normalized spacial score (nSPS) is 58.8. The Bertz CT molecular complexity index is 922. The fourth-order valence-corrected chi connectivity index (χ4v) is 11.1. The average Bonchev–Trinajstić information content (AvgIpc) is 3.01. The van der Waals surface area contributed by atoms with Gasteiger partial charge in [0.05, 0.1) is 12.2 Å². The van der Waals surface area contributed by atoms with E-state index in [1.54, 1.807) is 0 Å². The molecular formula is C30H46O3. The standard InChI is InChI=1S/C30H46O3/c1-24(2)20-7-11-27(5)21(26(20,4)10-9-23(24)32)8-12-30-22-17-25(3,18-31)13-15-29(22,19-33-30)16-14-28(27,30)6/h8,12,20-22,31H,7,9-11,13-19H2,1-6H3/t20-,21+,22+,25-,26-,27+,28-,29+,30-/m0/s1. The number of aliphatic hydroxyl groups is 1. The lowest BCUT2D eigenvalue weighted by atomic mass is 9.32. The van der Waals surface area contributed by atoms with Gasteiger partial charge in [-0.25, -0.2) is 0 Å². The van der Waals surface area contributed by atoms with Crippen LogP contribution in [-0.4, -0.2) is 29.7 Å². The number of hydrogen-bond donors (Lipinski definition) is 1. The molecule has 1 saturated heterocycles. The van der Waals surface area contributed by atoms with Crippen molar-refractivity contribution in [2.24, 2.45) is 50.2 Å². The maximum atomic E-state index is 12.9. The molecule has 1 aliphatic heterocycles. The van der Waals surface area contributed by atoms with Gasteiger partial charge in [0.25, 0.3) is 0 Å². The Labute approximate surface area is 201 Å². The quantitative estimate of drug-likeness (QED) is 0.470. The maximum absolute atomic E-state index is 12.9. The number of allylic oxidation sites excluding steroid dienone is 1. The van der Waals surface area contributed by atoms with Crippen molar-refractivity contribution in [1.29, 1.82) is 0 Å². The van der Waals surface area contributed by atoms with Crippen LogP contribution in [0, 0.1) is 50.2 Å². The summed E-state index contributed by atoms with van der Waals surface area (Å²) < 4.78 is 7.07. The Kier molecular flexibility index (Phi) is 4.39. The largest absolute Gasteiger partial charge is 0.396 e. The van der Waals surface area contributed by atoms with E-state index < -0.39 is 0 Å². The number of carbonyl (C=O) groups excluding carboxylic acids is 1. The fourth-order valence-electron chi connectivity index (χ4n) is 11.1. The van der Waals surface area contributed by atoms with Crippen LogP contribution in [0.4, 0.5) is 0 Å². The molecule has 1 heterocycles. The Balaban J connectivity index is 1.48. The number of hydrogen-bond acceptors (Lipinski definition) is 3. The molecule has 1 spiro atoms. The van der Waals surface area contributed by atoms with E-state index in [9.17, 15) is 9.90 Å². The van der Waals surface area contributed by atoms with Crippen LogP contribution in [0.15, 0.2) is 12.2 Å². The molecule has 1 N–H and O–H groups in total. The molecule has 0 aromatic heterocycles. The van der Waals surface area contributed by atoms with E-state index in [0.29, 0.717) is 35.6 Å². The molecule has 184 valence electrons. The lowest BCUT2D eigenvalue weighted by Crippen LogP contribution is -2.70. The minimum Gasteiger partial charge on any atom is -0.396 e. The van der Waals surface area contributed by atoms with Crippen LogP contribution in [0.2, 0.25) is 0 Å². The number of aliphatic hydroxyl groups excluding tert-OH is 1. The smallest absolute Gasteiger partial charge is 0.138 e. The molecule has 3 heteroatoms. The molecule has 5 aliphatic carbocycles. The highest BCUT2D eigenvalue weighted by atomic mass is 16.5. The van der Waals surface area contributed by atoms with Gasteiger partial charge >= 0.3 is 0 Å². The molecule has 2 bridgehead atoms. The Morgan fingerprint density at radius 1 is 0.970 bits per heavy atom. The van der Waals surface area contributed by atoms with E-state index in [0.717, 1.165) is 38.7 Å². The van der Waals surface area contributed by atoms with E-state index in [1.807, 2.05) is 0 Å². The summed E-state index contributed by atoms with van der Waals surface area (Å²) in [5.41, 5.74) is 0.361. The molecular weight excluding hydrogens is 408 g/mol. The summed E-state index contributed by atoms with van der Waals surface area (Å²) in [5.74, 6) is 1.95. The zero-order chi connectivity index (χ0) is 23.7. The van der Waals surface area contributed by atoms with Crippen LogP contribution in [0.1, 0.15) is 99.3 Å². The Hall–Kier alpha value is -0.670. The second kappa shape index (κ2) is 6.36. The van der Waals surface area contributed by atoms with Gasteiger partial charge in [0.15, 0.2) is 0 Å². The number of ether oxygens (including phenoxy) is 1. The summed E-state index contributed by atoms with van der Waals surface area (Å²) in [6, 6.07) is 0.